The molecule has 0 aliphatic rings. The molecule has 106 valence electrons. The van der Waals surface area contributed by atoms with Gasteiger partial charge in [-0.15, -0.1) is 11.8 Å². The molecule has 0 spiro atoms. The number of thioether (sulfide) groups is 1. The number of aryl methyl sites for hydroxylation is 2. The summed E-state index contributed by atoms with van der Waals surface area (Å²) in [4.78, 5) is 12.7. The summed E-state index contributed by atoms with van der Waals surface area (Å²) in [6.45, 7) is 6.10. The van der Waals surface area contributed by atoms with Crippen molar-refractivity contribution in [1.82, 2.24) is 5.32 Å². The van der Waals surface area contributed by atoms with Crippen LogP contribution in [0.5, 0.6) is 0 Å². The summed E-state index contributed by atoms with van der Waals surface area (Å²) in [6.07, 6.45) is 1.72. The first-order valence-electron chi connectivity index (χ1n) is 6.58. The summed E-state index contributed by atoms with van der Waals surface area (Å²) in [5.74, 6) is 0.709. The Morgan fingerprint density at radius 1 is 1.42 bits per heavy atom. The molecule has 3 nitrogen and oxygen atoms in total. The molecule has 0 aliphatic carbocycles. The largest absolute Gasteiger partial charge is 0.368 e. The van der Waals surface area contributed by atoms with Gasteiger partial charge in [0.15, 0.2) is 0 Å². The molecule has 1 aromatic carbocycles. The Bertz CT molecular complexity index is 448. The second-order valence-electron chi connectivity index (χ2n) is 5.17. The van der Waals surface area contributed by atoms with Crippen molar-refractivity contribution in [2.24, 2.45) is 5.73 Å². The van der Waals surface area contributed by atoms with Crippen molar-refractivity contribution in [3.63, 3.8) is 0 Å². The lowest BCUT2D eigenvalue weighted by Crippen LogP contribution is -2.51. The third-order valence-electron chi connectivity index (χ3n) is 3.50. The van der Waals surface area contributed by atoms with Gasteiger partial charge < -0.3 is 11.1 Å². The maximum Gasteiger partial charge on any atom is 0.237 e. The number of carbonyl (C=O) groups is 1. The number of nitrogens with two attached hydrogens (primary N) is 1. The fourth-order valence-electron chi connectivity index (χ4n) is 1.94. The van der Waals surface area contributed by atoms with Crippen LogP contribution in [-0.2, 0) is 4.79 Å². The van der Waals surface area contributed by atoms with E-state index < -0.39 is 5.54 Å². The van der Waals surface area contributed by atoms with Crippen molar-refractivity contribution in [2.45, 2.75) is 44.0 Å². The van der Waals surface area contributed by atoms with Crippen molar-refractivity contribution in [2.75, 3.05) is 12.8 Å². The van der Waals surface area contributed by atoms with Crippen LogP contribution in [0.3, 0.4) is 0 Å². The molecule has 0 radical (unpaired) electrons. The van der Waals surface area contributed by atoms with Crippen LogP contribution in [0.25, 0.3) is 0 Å². The molecule has 0 aliphatic heterocycles. The van der Waals surface area contributed by atoms with Crippen molar-refractivity contribution in [3.8, 4) is 0 Å². The van der Waals surface area contributed by atoms with Crippen LogP contribution in [0.4, 0.5) is 0 Å². The quantitative estimate of drug-likeness (QED) is 0.596. The lowest BCUT2D eigenvalue weighted by atomic mass is 9.96. The molecule has 1 atom stereocenters. The Morgan fingerprint density at radius 2 is 2.11 bits per heavy atom. The van der Waals surface area contributed by atoms with Crippen LogP contribution >= 0.6 is 11.8 Å². The minimum Gasteiger partial charge on any atom is -0.368 e. The number of benzene rings is 1. The molecule has 4 heteroatoms. The van der Waals surface area contributed by atoms with Gasteiger partial charge in [0.25, 0.3) is 0 Å². The average Bonchev–Trinajstić information content (AvgIpc) is 2.36. The molecule has 0 saturated carbocycles. The van der Waals surface area contributed by atoms with E-state index in [0.717, 1.165) is 18.6 Å². The van der Waals surface area contributed by atoms with Gasteiger partial charge in [0, 0.05) is 4.90 Å². The number of amides is 1. The zero-order valence-corrected chi connectivity index (χ0v) is 13.1. The molecule has 19 heavy (non-hydrogen) atoms. The van der Waals surface area contributed by atoms with Crippen LogP contribution in [0.15, 0.2) is 23.1 Å². The molecular weight excluding hydrogens is 256 g/mol. The Kier molecular flexibility index (Phi) is 5.88. The second-order valence-corrected chi connectivity index (χ2v) is 6.30. The number of primary amides is 1. The fraction of sp³-hybridized carbons (Fsp3) is 0.533. The van der Waals surface area contributed by atoms with E-state index in [0.29, 0.717) is 0 Å². The van der Waals surface area contributed by atoms with E-state index in [4.69, 9.17) is 5.73 Å². The maximum atomic E-state index is 11.4. The van der Waals surface area contributed by atoms with Gasteiger partial charge in [0.1, 0.15) is 0 Å². The monoisotopic (exact) mass is 280 g/mol. The van der Waals surface area contributed by atoms with Crippen LogP contribution in [-0.4, -0.2) is 24.2 Å². The van der Waals surface area contributed by atoms with Gasteiger partial charge >= 0.3 is 0 Å². The minimum atomic E-state index is -0.594. The summed E-state index contributed by atoms with van der Waals surface area (Å²) in [5, 5.41) is 3.01. The molecule has 1 amide bonds. The highest BCUT2D eigenvalue weighted by atomic mass is 32.2. The summed E-state index contributed by atoms with van der Waals surface area (Å²) in [7, 11) is 1.78. The third-order valence-corrected chi connectivity index (χ3v) is 4.77. The minimum absolute atomic E-state index is 0.286. The van der Waals surface area contributed by atoms with E-state index in [1.54, 1.807) is 7.05 Å². The van der Waals surface area contributed by atoms with Crippen molar-refractivity contribution >= 4 is 17.7 Å². The van der Waals surface area contributed by atoms with Crippen molar-refractivity contribution in [1.29, 1.82) is 0 Å². The number of carbonyl (C=O) groups excluding carboxylic acids is 1. The molecule has 3 N–H and O–H groups in total. The van der Waals surface area contributed by atoms with E-state index >= 15 is 0 Å². The van der Waals surface area contributed by atoms with Crippen LogP contribution in [0.2, 0.25) is 0 Å². The van der Waals surface area contributed by atoms with E-state index in [1.165, 1.54) is 16.0 Å². The van der Waals surface area contributed by atoms with Gasteiger partial charge in [-0.3, -0.25) is 4.79 Å². The van der Waals surface area contributed by atoms with Crippen molar-refractivity contribution < 1.29 is 4.79 Å². The number of likely N-dealkylation sites (N-methyl/N-ethyl adjacent to an activating group) is 1. The second kappa shape index (κ2) is 6.96. The SMILES string of the molecule is CNC(C)(CCCSc1ccc(C)cc1C)C(N)=O. The van der Waals surface area contributed by atoms with Crippen molar-refractivity contribution in [3.05, 3.63) is 29.3 Å². The molecule has 0 saturated heterocycles. The Hall–Kier alpha value is -1.00. The zero-order valence-electron chi connectivity index (χ0n) is 12.2. The molecule has 0 fully saturated rings. The Balaban J connectivity index is 2.45. The Morgan fingerprint density at radius 3 is 2.63 bits per heavy atom. The first kappa shape index (κ1) is 16.1. The number of hydrogen-bond donors (Lipinski definition) is 2. The summed E-state index contributed by atoms with van der Waals surface area (Å²) in [5.41, 5.74) is 7.42. The molecule has 0 aromatic heterocycles. The Labute approximate surface area is 120 Å². The first-order chi connectivity index (χ1) is 8.89. The van der Waals surface area contributed by atoms with E-state index in [2.05, 4.69) is 37.4 Å². The molecule has 1 rings (SSSR count). The number of nitrogens with one attached hydrogen (secondary N) is 1. The molecular formula is C15H24N2OS. The van der Waals surface area contributed by atoms with Gasteiger partial charge in [-0.1, -0.05) is 17.7 Å². The highest BCUT2D eigenvalue weighted by Crippen LogP contribution is 2.25. The topological polar surface area (TPSA) is 55.1 Å². The standard InChI is InChI=1S/C15H24N2OS/c1-11-6-7-13(12(2)10-11)19-9-5-8-15(3,17-4)14(16)18/h6-7,10,17H,5,8-9H2,1-4H3,(H2,16,18). The van der Waals surface area contributed by atoms with Crippen LogP contribution < -0.4 is 11.1 Å². The lowest BCUT2D eigenvalue weighted by molar-refractivity contribution is -0.123. The number of rotatable bonds is 7. The van der Waals surface area contributed by atoms with E-state index in [-0.39, 0.29) is 5.91 Å². The van der Waals surface area contributed by atoms with E-state index in [1.807, 2.05) is 18.7 Å². The third kappa shape index (κ3) is 4.55. The maximum absolute atomic E-state index is 11.4. The smallest absolute Gasteiger partial charge is 0.237 e. The highest BCUT2D eigenvalue weighted by molar-refractivity contribution is 7.99. The fourth-order valence-corrected chi connectivity index (χ4v) is 2.90. The molecule has 0 heterocycles. The zero-order chi connectivity index (χ0) is 14.5. The summed E-state index contributed by atoms with van der Waals surface area (Å²) < 4.78 is 0. The van der Waals surface area contributed by atoms with Gasteiger partial charge in [-0.05, 0) is 58.0 Å². The first-order valence-corrected chi connectivity index (χ1v) is 7.56. The summed E-state index contributed by atoms with van der Waals surface area (Å²) in [6, 6.07) is 6.50. The average molecular weight is 280 g/mol. The van der Waals surface area contributed by atoms with Crippen LogP contribution in [0.1, 0.15) is 30.9 Å². The van der Waals surface area contributed by atoms with Crippen LogP contribution in [0, 0.1) is 13.8 Å². The normalized spacial score (nSPS) is 14.1. The molecule has 1 unspecified atom stereocenters. The predicted molar refractivity (Wildman–Crippen MR) is 82.5 cm³/mol. The molecule has 1 aromatic rings. The van der Waals surface area contributed by atoms with Gasteiger partial charge in [0.05, 0.1) is 5.54 Å². The lowest BCUT2D eigenvalue weighted by Gasteiger charge is -2.25. The van der Waals surface area contributed by atoms with Gasteiger partial charge in [-0.25, -0.2) is 0 Å². The van der Waals surface area contributed by atoms with Gasteiger partial charge in [0.2, 0.25) is 5.91 Å². The predicted octanol–water partition coefficient (Wildman–Crippen LogP) is 2.64. The van der Waals surface area contributed by atoms with Gasteiger partial charge in [-0.2, -0.15) is 0 Å². The highest BCUT2D eigenvalue weighted by Gasteiger charge is 2.27. The summed E-state index contributed by atoms with van der Waals surface area (Å²) >= 11 is 1.84. The molecule has 0 bridgehead atoms. The number of hydrogen-bond acceptors (Lipinski definition) is 3. The van der Waals surface area contributed by atoms with E-state index in [9.17, 15) is 4.79 Å².